The number of nitrogens with zero attached hydrogens (tertiary/aromatic N) is 3. The molecule has 3 aromatic rings. The Morgan fingerprint density at radius 2 is 1.90 bits per heavy atom. The van der Waals surface area contributed by atoms with Gasteiger partial charge in [-0.2, -0.15) is 5.10 Å². The van der Waals surface area contributed by atoms with E-state index in [9.17, 15) is 10.2 Å². The minimum atomic E-state index is -0.325. The number of hydrogen-bond donors (Lipinski definition) is 3. The van der Waals surface area contributed by atoms with Crippen molar-refractivity contribution in [2.75, 3.05) is 26.3 Å². The maximum absolute atomic E-state index is 10.5. The van der Waals surface area contributed by atoms with Gasteiger partial charge in [0, 0.05) is 42.9 Å². The maximum Gasteiger partial charge on any atom is 0.200 e. The Morgan fingerprint density at radius 3 is 2.58 bits per heavy atom. The molecule has 2 heterocycles. The molecule has 2 aromatic carbocycles. The molecule has 1 aromatic heterocycles. The van der Waals surface area contributed by atoms with E-state index in [2.05, 4.69) is 33.2 Å². The number of phenolic OH excluding ortho intramolecular Hbond substituents is 2. The van der Waals surface area contributed by atoms with Crippen molar-refractivity contribution < 1.29 is 14.9 Å². The molecule has 1 unspecified atom stereocenters. The van der Waals surface area contributed by atoms with Crippen LogP contribution >= 0.6 is 12.2 Å². The Hall–Kier alpha value is -3.12. The summed E-state index contributed by atoms with van der Waals surface area (Å²) in [5, 5.41) is 27.8. The molecule has 1 atom stereocenters. The number of phenols is 2. The molecule has 1 aliphatic heterocycles. The highest BCUT2D eigenvalue weighted by Crippen LogP contribution is 2.37. The van der Waals surface area contributed by atoms with Gasteiger partial charge in [-0.25, -0.2) is 0 Å². The topological polar surface area (TPSA) is 86.5 Å². The number of terminal acetylenes is 1. The Kier molecular flexibility index (Phi) is 6.09. The van der Waals surface area contributed by atoms with Crippen LogP contribution in [0.5, 0.6) is 11.5 Å². The zero-order chi connectivity index (χ0) is 22.0. The van der Waals surface area contributed by atoms with Gasteiger partial charge >= 0.3 is 0 Å². The summed E-state index contributed by atoms with van der Waals surface area (Å²) < 4.78 is 7.56. The van der Waals surface area contributed by atoms with E-state index in [1.54, 1.807) is 17.6 Å². The van der Waals surface area contributed by atoms with Gasteiger partial charge in [0.2, 0.25) is 0 Å². The first-order chi connectivity index (χ1) is 15.0. The van der Waals surface area contributed by atoms with Crippen LogP contribution in [0.3, 0.4) is 0 Å². The van der Waals surface area contributed by atoms with Crippen molar-refractivity contribution in [2.24, 2.45) is 0 Å². The molecule has 0 amide bonds. The molecule has 160 valence electrons. The summed E-state index contributed by atoms with van der Waals surface area (Å²) in [6, 6.07) is 11.0. The van der Waals surface area contributed by atoms with Crippen molar-refractivity contribution in [2.45, 2.75) is 19.4 Å². The SMILES string of the molecule is C#CC(C)c1cc(-c2n[nH]c(=S)n2-c2ccc(CN3CCOCC3)cc2)c(O)cc1O. The van der Waals surface area contributed by atoms with Gasteiger partial charge in [-0.15, -0.1) is 6.42 Å². The van der Waals surface area contributed by atoms with E-state index >= 15 is 0 Å². The molecule has 7 nitrogen and oxygen atoms in total. The Morgan fingerprint density at radius 1 is 1.19 bits per heavy atom. The predicted octanol–water partition coefficient (Wildman–Crippen LogP) is 3.58. The second-order valence-electron chi connectivity index (χ2n) is 7.56. The number of rotatable bonds is 5. The monoisotopic (exact) mass is 436 g/mol. The van der Waals surface area contributed by atoms with Gasteiger partial charge in [0.15, 0.2) is 10.6 Å². The van der Waals surface area contributed by atoms with Gasteiger partial charge in [-0.3, -0.25) is 14.6 Å². The molecular formula is C23H24N4O3S. The van der Waals surface area contributed by atoms with Crippen LogP contribution in [0.2, 0.25) is 0 Å². The number of morpholine rings is 1. The zero-order valence-electron chi connectivity index (χ0n) is 17.2. The van der Waals surface area contributed by atoms with E-state index in [0.29, 0.717) is 21.7 Å². The van der Waals surface area contributed by atoms with Gasteiger partial charge < -0.3 is 14.9 Å². The molecule has 0 spiro atoms. The molecule has 1 aliphatic rings. The Balaban J connectivity index is 1.69. The molecule has 0 bridgehead atoms. The van der Waals surface area contributed by atoms with E-state index in [1.807, 2.05) is 12.1 Å². The van der Waals surface area contributed by atoms with E-state index in [4.69, 9.17) is 23.4 Å². The number of hydrogen-bond acceptors (Lipinski definition) is 6. The summed E-state index contributed by atoms with van der Waals surface area (Å²) in [6.45, 7) is 6.05. The second kappa shape index (κ2) is 8.94. The summed E-state index contributed by atoms with van der Waals surface area (Å²) in [6.07, 6.45) is 5.53. The number of aromatic amines is 1. The van der Waals surface area contributed by atoms with Crippen LogP contribution in [-0.4, -0.2) is 56.2 Å². The highest BCUT2D eigenvalue weighted by Gasteiger charge is 2.19. The van der Waals surface area contributed by atoms with Crippen LogP contribution in [0, 0.1) is 17.1 Å². The Bertz CT molecular complexity index is 1170. The smallest absolute Gasteiger partial charge is 0.200 e. The second-order valence-corrected chi connectivity index (χ2v) is 7.95. The largest absolute Gasteiger partial charge is 0.507 e. The van der Waals surface area contributed by atoms with Crippen molar-refractivity contribution in [3.63, 3.8) is 0 Å². The highest BCUT2D eigenvalue weighted by molar-refractivity contribution is 7.71. The minimum Gasteiger partial charge on any atom is -0.507 e. The third-order valence-corrected chi connectivity index (χ3v) is 5.75. The lowest BCUT2D eigenvalue weighted by atomic mass is 9.97. The maximum atomic E-state index is 10.5. The number of aromatic nitrogens is 3. The molecule has 3 N–H and O–H groups in total. The molecule has 0 saturated carbocycles. The molecule has 0 aliphatic carbocycles. The van der Waals surface area contributed by atoms with Gasteiger partial charge in [-0.1, -0.05) is 18.1 Å². The van der Waals surface area contributed by atoms with Crippen LogP contribution in [-0.2, 0) is 11.3 Å². The highest BCUT2D eigenvalue weighted by atomic mass is 32.1. The van der Waals surface area contributed by atoms with Crippen LogP contribution in [0.1, 0.15) is 24.0 Å². The van der Waals surface area contributed by atoms with Crippen LogP contribution in [0.15, 0.2) is 36.4 Å². The molecule has 8 heteroatoms. The van der Waals surface area contributed by atoms with E-state index in [0.717, 1.165) is 38.5 Å². The lowest BCUT2D eigenvalue weighted by Gasteiger charge is -2.26. The number of nitrogens with one attached hydrogen (secondary N) is 1. The normalized spacial score (nSPS) is 15.5. The summed E-state index contributed by atoms with van der Waals surface area (Å²) >= 11 is 5.45. The summed E-state index contributed by atoms with van der Waals surface area (Å²) in [5.74, 6) is 2.55. The van der Waals surface area contributed by atoms with Crippen molar-refractivity contribution in [1.82, 2.24) is 19.7 Å². The zero-order valence-corrected chi connectivity index (χ0v) is 18.0. The lowest BCUT2D eigenvalue weighted by molar-refractivity contribution is 0.0342. The predicted molar refractivity (Wildman–Crippen MR) is 121 cm³/mol. The van der Waals surface area contributed by atoms with Gasteiger partial charge in [0.1, 0.15) is 11.5 Å². The van der Waals surface area contributed by atoms with Crippen LogP contribution in [0.4, 0.5) is 0 Å². The quantitative estimate of drug-likeness (QED) is 0.419. The van der Waals surface area contributed by atoms with Crippen molar-refractivity contribution in [1.29, 1.82) is 0 Å². The van der Waals surface area contributed by atoms with Crippen molar-refractivity contribution in [3.05, 3.63) is 52.3 Å². The third-order valence-electron chi connectivity index (χ3n) is 5.48. The average Bonchev–Trinajstić information content (AvgIpc) is 3.15. The van der Waals surface area contributed by atoms with Gasteiger partial charge in [0.05, 0.1) is 18.8 Å². The average molecular weight is 437 g/mol. The van der Waals surface area contributed by atoms with Crippen LogP contribution < -0.4 is 0 Å². The van der Waals surface area contributed by atoms with Gasteiger partial charge in [-0.05, 0) is 42.9 Å². The third kappa shape index (κ3) is 4.35. The molecule has 31 heavy (non-hydrogen) atoms. The van der Waals surface area contributed by atoms with Crippen molar-refractivity contribution in [3.8, 4) is 40.9 Å². The van der Waals surface area contributed by atoms with E-state index < -0.39 is 0 Å². The first-order valence-electron chi connectivity index (χ1n) is 10.1. The molecule has 1 saturated heterocycles. The molecule has 0 radical (unpaired) electrons. The lowest BCUT2D eigenvalue weighted by Crippen LogP contribution is -2.35. The minimum absolute atomic E-state index is 0.0557. The first-order valence-corrected chi connectivity index (χ1v) is 10.5. The number of aromatic hydroxyl groups is 2. The summed E-state index contributed by atoms with van der Waals surface area (Å²) in [7, 11) is 0. The summed E-state index contributed by atoms with van der Waals surface area (Å²) in [5.41, 5.74) is 2.98. The fraction of sp³-hybridized carbons (Fsp3) is 0.304. The van der Waals surface area contributed by atoms with Crippen molar-refractivity contribution >= 4 is 12.2 Å². The van der Waals surface area contributed by atoms with E-state index in [1.165, 1.54) is 11.6 Å². The number of ether oxygens (including phenoxy) is 1. The fourth-order valence-electron chi connectivity index (χ4n) is 3.69. The molecule has 4 rings (SSSR count). The number of benzene rings is 2. The Labute approximate surface area is 185 Å². The molecular weight excluding hydrogens is 412 g/mol. The van der Waals surface area contributed by atoms with E-state index in [-0.39, 0.29) is 17.4 Å². The first kappa shape index (κ1) is 21.1. The fourth-order valence-corrected chi connectivity index (χ4v) is 3.93. The molecule has 1 fully saturated rings. The summed E-state index contributed by atoms with van der Waals surface area (Å²) in [4.78, 5) is 2.36. The number of H-pyrrole nitrogens is 1. The standard InChI is InChI=1S/C23H24N4O3S/c1-3-15(2)18-12-19(21(29)13-20(18)28)22-24-25-23(31)27(22)17-6-4-16(5-7-17)14-26-8-10-30-11-9-26/h1,4-7,12-13,15,28-29H,8-11,14H2,2H3,(H,25,31). The van der Waals surface area contributed by atoms with Crippen LogP contribution in [0.25, 0.3) is 17.1 Å². The van der Waals surface area contributed by atoms with Gasteiger partial charge in [0.25, 0.3) is 0 Å².